The van der Waals surface area contributed by atoms with Gasteiger partial charge in [0.1, 0.15) is 18.2 Å². The molecule has 0 spiro atoms. The molecule has 0 aromatic heterocycles. The number of hydrogen-bond donors (Lipinski definition) is 2. The van der Waals surface area contributed by atoms with E-state index in [0.29, 0.717) is 13.1 Å². The van der Waals surface area contributed by atoms with Crippen LogP contribution in [-0.4, -0.2) is 41.5 Å². The third kappa shape index (κ3) is 11.5. The monoisotopic (exact) mass is 537 g/mol. The van der Waals surface area contributed by atoms with Crippen LogP contribution in [0.1, 0.15) is 94.5 Å². The minimum Gasteiger partial charge on any atom is -0.444 e. The molecule has 0 saturated heterocycles. The predicted octanol–water partition coefficient (Wildman–Crippen LogP) is 6.37. The smallest absolute Gasteiger partial charge is 0.408 e. The average molecular weight is 538 g/mol. The van der Waals surface area contributed by atoms with Crippen LogP contribution in [0.2, 0.25) is 0 Å². The summed E-state index contributed by atoms with van der Waals surface area (Å²) < 4.78 is 5.31. The zero-order valence-electron chi connectivity index (χ0n) is 24.6. The number of alkyl carbamates (subject to hydrolysis) is 1. The Morgan fingerprint density at radius 1 is 0.872 bits per heavy atom. The standard InChI is InChI=1S/C32H47N3O4/c1-7-8-9-10-11-15-20-35(28(36)23-34-31(38)39-32(4,5)6)29(27-19-18-24(2)25(3)21-27)30(37)33-22-26-16-13-12-14-17-26/h12-14,16-19,21,29H,7-11,15,20,22-23H2,1-6H3,(H,33,37)(H,34,38). The van der Waals surface area contributed by atoms with E-state index in [1.165, 1.54) is 6.42 Å². The summed E-state index contributed by atoms with van der Waals surface area (Å²) in [6.07, 6.45) is 5.67. The van der Waals surface area contributed by atoms with Crippen LogP contribution in [0.3, 0.4) is 0 Å². The fraction of sp³-hybridized carbons (Fsp3) is 0.531. The van der Waals surface area contributed by atoms with Crippen molar-refractivity contribution in [3.8, 4) is 0 Å². The lowest BCUT2D eigenvalue weighted by Gasteiger charge is -2.32. The summed E-state index contributed by atoms with van der Waals surface area (Å²) in [6.45, 7) is 12.0. The number of unbranched alkanes of at least 4 members (excludes halogenated alkanes) is 5. The van der Waals surface area contributed by atoms with E-state index in [1.54, 1.807) is 25.7 Å². The first-order valence-electron chi connectivity index (χ1n) is 14.2. The number of carbonyl (C=O) groups excluding carboxylic acids is 3. The maximum Gasteiger partial charge on any atom is 0.408 e. The molecular weight excluding hydrogens is 490 g/mol. The van der Waals surface area contributed by atoms with Crippen LogP contribution in [0.5, 0.6) is 0 Å². The summed E-state index contributed by atoms with van der Waals surface area (Å²) >= 11 is 0. The fourth-order valence-corrected chi connectivity index (χ4v) is 4.31. The lowest BCUT2D eigenvalue weighted by atomic mass is 9.98. The van der Waals surface area contributed by atoms with E-state index in [0.717, 1.165) is 54.4 Å². The molecule has 1 unspecified atom stereocenters. The number of nitrogens with one attached hydrogen (secondary N) is 2. The Hall–Kier alpha value is -3.35. The van der Waals surface area contributed by atoms with Gasteiger partial charge in [-0.15, -0.1) is 0 Å². The normalized spacial score (nSPS) is 11.9. The molecule has 3 amide bonds. The molecule has 214 valence electrons. The van der Waals surface area contributed by atoms with Gasteiger partial charge in [-0.1, -0.05) is 87.6 Å². The van der Waals surface area contributed by atoms with Crippen molar-refractivity contribution in [3.05, 3.63) is 70.8 Å². The number of benzene rings is 2. The van der Waals surface area contributed by atoms with E-state index in [9.17, 15) is 14.4 Å². The SMILES string of the molecule is CCCCCCCCN(C(=O)CNC(=O)OC(C)(C)C)C(C(=O)NCc1ccccc1)c1ccc(C)c(C)c1. The van der Waals surface area contributed by atoms with Crippen molar-refractivity contribution >= 4 is 17.9 Å². The van der Waals surface area contributed by atoms with Gasteiger partial charge in [0, 0.05) is 13.1 Å². The second-order valence-electron chi connectivity index (χ2n) is 11.2. The highest BCUT2D eigenvalue weighted by molar-refractivity contribution is 5.90. The van der Waals surface area contributed by atoms with Gasteiger partial charge in [0.2, 0.25) is 11.8 Å². The van der Waals surface area contributed by atoms with E-state index < -0.39 is 17.7 Å². The van der Waals surface area contributed by atoms with Gasteiger partial charge in [0.15, 0.2) is 0 Å². The molecule has 1 atom stereocenters. The highest BCUT2D eigenvalue weighted by Gasteiger charge is 2.31. The lowest BCUT2D eigenvalue weighted by molar-refractivity contribution is -0.140. The molecule has 7 nitrogen and oxygen atoms in total. The summed E-state index contributed by atoms with van der Waals surface area (Å²) in [5.74, 6) is -0.578. The minimum atomic E-state index is -0.823. The summed E-state index contributed by atoms with van der Waals surface area (Å²) in [5, 5.41) is 5.61. The Labute approximate surface area is 234 Å². The van der Waals surface area contributed by atoms with Crippen molar-refractivity contribution in [2.75, 3.05) is 13.1 Å². The van der Waals surface area contributed by atoms with Crippen LogP contribution >= 0.6 is 0 Å². The molecular formula is C32H47N3O4. The molecule has 2 rings (SSSR count). The predicted molar refractivity (Wildman–Crippen MR) is 156 cm³/mol. The van der Waals surface area contributed by atoms with E-state index in [4.69, 9.17) is 4.74 Å². The van der Waals surface area contributed by atoms with E-state index in [2.05, 4.69) is 17.6 Å². The van der Waals surface area contributed by atoms with Crippen LogP contribution < -0.4 is 10.6 Å². The Bertz CT molecular complexity index is 1060. The molecule has 0 aliphatic carbocycles. The second-order valence-corrected chi connectivity index (χ2v) is 11.2. The Kier molecular flexibility index (Phi) is 13.0. The van der Waals surface area contributed by atoms with Gasteiger partial charge < -0.3 is 20.3 Å². The average Bonchev–Trinajstić information content (AvgIpc) is 2.88. The van der Waals surface area contributed by atoms with Gasteiger partial charge >= 0.3 is 6.09 Å². The molecule has 2 aromatic rings. The van der Waals surface area contributed by atoms with Gasteiger partial charge in [-0.05, 0) is 63.3 Å². The Morgan fingerprint density at radius 2 is 1.54 bits per heavy atom. The van der Waals surface area contributed by atoms with E-state index in [1.807, 2.05) is 62.4 Å². The number of nitrogens with zero attached hydrogens (tertiary/aromatic N) is 1. The van der Waals surface area contributed by atoms with Gasteiger partial charge in [-0.2, -0.15) is 0 Å². The molecule has 0 saturated carbocycles. The van der Waals surface area contributed by atoms with Crippen molar-refractivity contribution < 1.29 is 19.1 Å². The van der Waals surface area contributed by atoms with Crippen LogP contribution in [0.25, 0.3) is 0 Å². The van der Waals surface area contributed by atoms with Crippen LogP contribution in [0.15, 0.2) is 48.5 Å². The van der Waals surface area contributed by atoms with Gasteiger partial charge in [-0.25, -0.2) is 4.79 Å². The van der Waals surface area contributed by atoms with Crippen LogP contribution in [-0.2, 0) is 20.9 Å². The number of aryl methyl sites for hydroxylation is 2. The number of ether oxygens (including phenoxy) is 1. The third-order valence-corrected chi connectivity index (χ3v) is 6.57. The first-order valence-corrected chi connectivity index (χ1v) is 14.2. The largest absolute Gasteiger partial charge is 0.444 e. The van der Waals surface area contributed by atoms with E-state index in [-0.39, 0.29) is 18.4 Å². The summed E-state index contributed by atoms with van der Waals surface area (Å²) in [5.41, 5.74) is 3.21. The molecule has 0 aliphatic heterocycles. The molecule has 0 fully saturated rings. The molecule has 7 heteroatoms. The van der Waals surface area contributed by atoms with Crippen molar-refractivity contribution in [1.82, 2.24) is 15.5 Å². The maximum absolute atomic E-state index is 13.7. The highest BCUT2D eigenvalue weighted by atomic mass is 16.6. The van der Waals surface area contributed by atoms with Gasteiger partial charge in [0.25, 0.3) is 0 Å². The quantitative estimate of drug-likeness (QED) is 0.274. The third-order valence-electron chi connectivity index (χ3n) is 6.57. The van der Waals surface area contributed by atoms with Gasteiger partial charge in [-0.3, -0.25) is 9.59 Å². The summed E-state index contributed by atoms with van der Waals surface area (Å²) in [6, 6.07) is 14.7. The number of rotatable bonds is 14. The molecule has 39 heavy (non-hydrogen) atoms. The number of amides is 3. The molecule has 2 N–H and O–H groups in total. The van der Waals surface area contributed by atoms with E-state index >= 15 is 0 Å². The summed E-state index contributed by atoms with van der Waals surface area (Å²) in [4.78, 5) is 41.2. The van der Waals surface area contributed by atoms with Crippen molar-refractivity contribution in [2.24, 2.45) is 0 Å². The van der Waals surface area contributed by atoms with Crippen molar-refractivity contribution in [2.45, 2.75) is 98.3 Å². The second kappa shape index (κ2) is 15.9. The highest BCUT2D eigenvalue weighted by Crippen LogP contribution is 2.25. The topological polar surface area (TPSA) is 87.7 Å². The first-order chi connectivity index (χ1) is 18.5. The molecule has 0 heterocycles. The lowest BCUT2D eigenvalue weighted by Crippen LogP contribution is -2.48. The molecule has 0 radical (unpaired) electrons. The zero-order chi connectivity index (χ0) is 28.8. The molecule has 0 bridgehead atoms. The fourth-order valence-electron chi connectivity index (χ4n) is 4.31. The van der Waals surface area contributed by atoms with Crippen LogP contribution in [0.4, 0.5) is 4.79 Å². The number of hydrogen-bond acceptors (Lipinski definition) is 4. The first kappa shape index (κ1) is 31.9. The Morgan fingerprint density at radius 3 is 2.18 bits per heavy atom. The zero-order valence-corrected chi connectivity index (χ0v) is 24.6. The molecule has 0 aliphatic rings. The number of carbonyl (C=O) groups is 3. The van der Waals surface area contributed by atoms with Crippen molar-refractivity contribution in [1.29, 1.82) is 0 Å². The van der Waals surface area contributed by atoms with Crippen molar-refractivity contribution in [3.63, 3.8) is 0 Å². The Balaban J connectivity index is 2.30. The minimum absolute atomic E-state index is 0.251. The maximum atomic E-state index is 13.7. The van der Waals surface area contributed by atoms with Gasteiger partial charge in [0.05, 0.1) is 0 Å². The van der Waals surface area contributed by atoms with Crippen LogP contribution in [0, 0.1) is 13.8 Å². The molecule has 2 aromatic carbocycles. The summed E-state index contributed by atoms with van der Waals surface area (Å²) in [7, 11) is 0.